The van der Waals surface area contributed by atoms with E-state index in [9.17, 15) is 4.39 Å². The van der Waals surface area contributed by atoms with Gasteiger partial charge in [-0.25, -0.2) is 9.37 Å². The van der Waals surface area contributed by atoms with Crippen molar-refractivity contribution in [1.29, 1.82) is 0 Å². The molecule has 0 fully saturated rings. The van der Waals surface area contributed by atoms with Crippen LogP contribution in [0.1, 0.15) is 17.6 Å². The summed E-state index contributed by atoms with van der Waals surface area (Å²) in [6, 6.07) is 18.0. The van der Waals surface area contributed by atoms with Crippen molar-refractivity contribution >= 4 is 28.3 Å². The van der Waals surface area contributed by atoms with Crippen LogP contribution in [0.4, 0.5) is 4.39 Å². The Morgan fingerprint density at radius 1 is 1.06 bits per heavy atom. The second kappa shape index (κ2) is 7.92. The zero-order valence-electron chi connectivity index (χ0n) is 16.5. The Bertz CT molecular complexity index is 1390. The monoisotopic (exact) mass is 433 g/mol. The molecule has 0 spiro atoms. The Kier molecular flexibility index (Phi) is 4.95. The van der Waals surface area contributed by atoms with Crippen molar-refractivity contribution in [3.63, 3.8) is 0 Å². The third kappa shape index (κ3) is 3.57. The Hall–Kier alpha value is -3.58. The number of para-hydroxylation sites is 2. The molecule has 3 aromatic heterocycles. The van der Waals surface area contributed by atoms with Crippen LogP contribution in [0, 0.1) is 6.92 Å². The molecule has 154 valence electrons. The van der Waals surface area contributed by atoms with E-state index >= 15 is 0 Å². The highest BCUT2D eigenvalue weighted by molar-refractivity contribution is 6.33. The van der Waals surface area contributed by atoms with E-state index in [2.05, 4.69) is 20.2 Å². The standard InChI is InChI=1S/C23H17ClFN5O/c1-14-22-28-29-23(30(22)21-8-3-2-7-20(21)27-14)16-12-15(9-10-17(16)24)31-13-18(25)19-6-4-5-11-26-19/h2-12,18H,13H2,1H3. The number of fused-ring (bicyclic) bond motifs is 3. The van der Waals surface area contributed by atoms with E-state index in [0.717, 1.165) is 16.7 Å². The maximum absolute atomic E-state index is 14.5. The van der Waals surface area contributed by atoms with Gasteiger partial charge in [0.05, 0.1) is 27.4 Å². The van der Waals surface area contributed by atoms with Crippen LogP contribution in [0.2, 0.25) is 5.02 Å². The fraction of sp³-hybridized carbons (Fsp3) is 0.130. The summed E-state index contributed by atoms with van der Waals surface area (Å²) in [5.74, 6) is 1.04. The van der Waals surface area contributed by atoms with Crippen LogP contribution in [0.5, 0.6) is 5.75 Å². The SMILES string of the molecule is Cc1nc2ccccc2n2c(-c3cc(OCC(F)c4ccccn4)ccc3Cl)nnc12. The molecule has 0 saturated carbocycles. The van der Waals surface area contributed by atoms with Crippen LogP contribution < -0.4 is 4.74 Å². The molecule has 3 heterocycles. The second-order valence-corrected chi connectivity index (χ2v) is 7.45. The lowest BCUT2D eigenvalue weighted by Gasteiger charge is -2.12. The number of hydrogen-bond donors (Lipinski definition) is 0. The number of rotatable bonds is 5. The summed E-state index contributed by atoms with van der Waals surface area (Å²) in [7, 11) is 0. The molecule has 1 unspecified atom stereocenters. The molecule has 0 radical (unpaired) electrons. The molecule has 5 rings (SSSR count). The zero-order chi connectivity index (χ0) is 21.4. The highest BCUT2D eigenvalue weighted by Gasteiger charge is 2.18. The van der Waals surface area contributed by atoms with E-state index in [1.54, 1.807) is 42.6 Å². The van der Waals surface area contributed by atoms with Crippen molar-refractivity contribution in [2.75, 3.05) is 6.61 Å². The molecule has 0 bridgehead atoms. The molecule has 0 aliphatic heterocycles. The maximum Gasteiger partial charge on any atom is 0.183 e. The van der Waals surface area contributed by atoms with Crippen molar-refractivity contribution in [2.45, 2.75) is 13.1 Å². The van der Waals surface area contributed by atoms with Gasteiger partial charge in [0.1, 0.15) is 12.4 Å². The van der Waals surface area contributed by atoms with Gasteiger partial charge in [-0.1, -0.05) is 29.8 Å². The molecule has 8 heteroatoms. The van der Waals surface area contributed by atoms with E-state index < -0.39 is 6.17 Å². The van der Waals surface area contributed by atoms with Crippen molar-refractivity contribution in [2.24, 2.45) is 0 Å². The van der Waals surface area contributed by atoms with Gasteiger partial charge in [-0.15, -0.1) is 10.2 Å². The molecular weight excluding hydrogens is 417 g/mol. The van der Waals surface area contributed by atoms with Crippen LogP contribution >= 0.6 is 11.6 Å². The molecule has 1 atom stereocenters. The first-order chi connectivity index (χ1) is 15.1. The number of hydrogen-bond acceptors (Lipinski definition) is 5. The van der Waals surface area contributed by atoms with Crippen LogP contribution in [0.3, 0.4) is 0 Å². The van der Waals surface area contributed by atoms with Gasteiger partial charge in [0.15, 0.2) is 17.6 Å². The van der Waals surface area contributed by atoms with E-state index in [4.69, 9.17) is 16.3 Å². The lowest BCUT2D eigenvalue weighted by atomic mass is 10.2. The Labute approximate surface area is 182 Å². The van der Waals surface area contributed by atoms with Gasteiger partial charge in [-0.05, 0) is 49.4 Å². The van der Waals surface area contributed by atoms with Gasteiger partial charge >= 0.3 is 0 Å². The Morgan fingerprint density at radius 2 is 1.90 bits per heavy atom. The van der Waals surface area contributed by atoms with Crippen molar-refractivity contribution in [3.05, 3.63) is 83.3 Å². The van der Waals surface area contributed by atoms with Crippen LogP contribution in [0.15, 0.2) is 66.9 Å². The van der Waals surface area contributed by atoms with Gasteiger partial charge in [-0.3, -0.25) is 9.38 Å². The minimum atomic E-state index is -1.34. The first-order valence-corrected chi connectivity index (χ1v) is 10.1. The fourth-order valence-corrected chi connectivity index (χ4v) is 3.68. The first-order valence-electron chi connectivity index (χ1n) is 9.70. The number of aryl methyl sites for hydroxylation is 1. The van der Waals surface area contributed by atoms with E-state index in [1.165, 1.54) is 0 Å². The summed E-state index contributed by atoms with van der Waals surface area (Å²) in [4.78, 5) is 8.63. The fourth-order valence-electron chi connectivity index (χ4n) is 3.48. The number of halogens is 2. The lowest BCUT2D eigenvalue weighted by Crippen LogP contribution is -2.07. The summed E-state index contributed by atoms with van der Waals surface area (Å²) in [6.07, 6.45) is 0.215. The number of pyridine rings is 1. The van der Waals surface area contributed by atoms with Gasteiger partial charge in [0.2, 0.25) is 0 Å². The first kappa shape index (κ1) is 19.4. The molecule has 6 nitrogen and oxygen atoms in total. The minimum Gasteiger partial charge on any atom is -0.490 e. The average molecular weight is 434 g/mol. The predicted octanol–water partition coefficient (Wildman–Crippen LogP) is 5.39. The normalized spacial score (nSPS) is 12.4. The molecule has 0 amide bonds. The summed E-state index contributed by atoms with van der Waals surface area (Å²) in [5.41, 5.74) is 4.06. The van der Waals surface area contributed by atoms with Crippen LogP contribution in [-0.2, 0) is 0 Å². The summed E-state index contributed by atoms with van der Waals surface area (Å²) >= 11 is 6.50. The molecule has 5 aromatic rings. The van der Waals surface area contributed by atoms with E-state index in [-0.39, 0.29) is 6.61 Å². The molecule has 0 N–H and O–H groups in total. The Morgan fingerprint density at radius 3 is 2.74 bits per heavy atom. The molecule has 2 aromatic carbocycles. The second-order valence-electron chi connectivity index (χ2n) is 7.04. The van der Waals surface area contributed by atoms with E-state index in [1.807, 2.05) is 35.6 Å². The predicted molar refractivity (Wildman–Crippen MR) is 117 cm³/mol. The molecule has 0 aliphatic rings. The largest absolute Gasteiger partial charge is 0.490 e. The summed E-state index contributed by atoms with van der Waals surface area (Å²) in [6.45, 7) is 1.73. The van der Waals surface area contributed by atoms with Gasteiger partial charge in [-0.2, -0.15) is 0 Å². The van der Waals surface area contributed by atoms with Crippen molar-refractivity contribution in [3.8, 4) is 17.1 Å². The topological polar surface area (TPSA) is 65.2 Å². The Balaban J connectivity index is 1.53. The molecule has 0 aliphatic carbocycles. The van der Waals surface area contributed by atoms with Gasteiger partial charge in [0, 0.05) is 11.8 Å². The molecule has 0 saturated heterocycles. The smallest absolute Gasteiger partial charge is 0.183 e. The van der Waals surface area contributed by atoms with Gasteiger partial charge in [0.25, 0.3) is 0 Å². The zero-order valence-corrected chi connectivity index (χ0v) is 17.3. The molecular formula is C23H17ClFN5O. The number of alkyl halides is 1. The number of aromatic nitrogens is 5. The van der Waals surface area contributed by atoms with E-state index in [0.29, 0.717) is 33.5 Å². The lowest BCUT2D eigenvalue weighted by molar-refractivity contribution is 0.194. The molecule has 31 heavy (non-hydrogen) atoms. The number of benzene rings is 2. The maximum atomic E-state index is 14.5. The van der Waals surface area contributed by atoms with Crippen molar-refractivity contribution < 1.29 is 9.13 Å². The average Bonchev–Trinajstić information content (AvgIpc) is 3.25. The van der Waals surface area contributed by atoms with Gasteiger partial charge < -0.3 is 4.74 Å². The summed E-state index contributed by atoms with van der Waals surface area (Å²) in [5, 5.41) is 9.17. The van der Waals surface area contributed by atoms with Crippen LogP contribution in [-0.4, -0.2) is 31.2 Å². The van der Waals surface area contributed by atoms with Crippen LogP contribution in [0.25, 0.3) is 28.1 Å². The summed E-state index contributed by atoms with van der Waals surface area (Å²) < 4.78 is 22.1. The number of ether oxygens (including phenoxy) is 1. The quantitative estimate of drug-likeness (QED) is 0.371. The number of nitrogens with zero attached hydrogens (tertiary/aromatic N) is 5. The third-order valence-corrected chi connectivity index (χ3v) is 5.31. The minimum absolute atomic E-state index is 0.162. The highest BCUT2D eigenvalue weighted by atomic mass is 35.5. The van der Waals surface area contributed by atoms with Crippen molar-refractivity contribution in [1.82, 2.24) is 24.6 Å². The highest BCUT2D eigenvalue weighted by Crippen LogP contribution is 2.33. The third-order valence-electron chi connectivity index (χ3n) is 4.98.